The topological polar surface area (TPSA) is 98.8 Å². The molecule has 0 saturated carbocycles. The molecule has 4 heterocycles. The highest BCUT2D eigenvalue weighted by Crippen LogP contribution is 2.52. The fourth-order valence-corrected chi connectivity index (χ4v) is 5.04. The maximum absolute atomic E-state index is 13.3. The Labute approximate surface area is 211 Å². The summed E-state index contributed by atoms with van der Waals surface area (Å²) in [4.78, 5) is 25.9. The zero-order valence-corrected chi connectivity index (χ0v) is 19.7. The van der Waals surface area contributed by atoms with E-state index in [2.05, 4.69) is 0 Å². The lowest BCUT2D eigenvalue weighted by atomic mass is 9.84. The quantitative estimate of drug-likeness (QED) is 0.297. The molecule has 3 aromatic carbocycles. The van der Waals surface area contributed by atoms with Gasteiger partial charge in [0.2, 0.25) is 18.3 Å². The molecule has 1 atom stereocenters. The first kappa shape index (κ1) is 21.6. The molecule has 0 fully saturated rings. The molecule has 4 aliphatic heterocycles. The molecule has 0 unspecified atom stereocenters. The number of ether oxygens (including phenoxy) is 7. The minimum atomic E-state index is -0.448. The molecule has 0 bridgehead atoms. The molecule has 0 aromatic heterocycles. The molecular weight excluding hydrogens is 480 g/mol. The Balaban J connectivity index is 1.30. The lowest BCUT2D eigenvalue weighted by Gasteiger charge is -2.26. The molecule has 186 valence electrons. The number of benzene rings is 3. The second kappa shape index (κ2) is 8.19. The second-order valence-corrected chi connectivity index (χ2v) is 8.88. The molecular formula is C28H20O9. The summed E-state index contributed by atoms with van der Waals surface area (Å²) in [6, 6.07) is 12.3. The summed E-state index contributed by atoms with van der Waals surface area (Å²) in [5.41, 5.74) is 2.51. The van der Waals surface area contributed by atoms with Crippen molar-refractivity contribution in [2.45, 2.75) is 12.3 Å². The summed E-state index contributed by atoms with van der Waals surface area (Å²) in [6.45, 7) is 1.04. The van der Waals surface area contributed by atoms with Crippen LogP contribution in [0.25, 0.3) is 6.08 Å². The van der Waals surface area contributed by atoms with Crippen LogP contribution in [0.2, 0.25) is 0 Å². The van der Waals surface area contributed by atoms with Gasteiger partial charge in [-0.05, 0) is 53.6 Å². The maximum atomic E-state index is 13.3. The Hall–Kier alpha value is -4.66. The Morgan fingerprint density at radius 1 is 0.838 bits per heavy atom. The fraction of sp³-hybridized carbons (Fsp3) is 0.214. The van der Waals surface area contributed by atoms with E-state index in [-0.39, 0.29) is 30.7 Å². The summed E-state index contributed by atoms with van der Waals surface area (Å²) in [7, 11) is 1.54. The minimum absolute atomic E-state index is 0.0605. The Bertz CT molecular complexity index is 1520. The van der Waals surface area contributed by atoms with Gasteiger partial charge < -0.3 is 33.2 Å². The van der Waals surface area contributed by atoms with Crippen molar-refractivity contribution in [2.75, 3.05) is 27.1 Å². The van der Waals surface area contributed by atoms with Crippen LogP contribution in [0.15, 0.2) is 48.2 Å². The number of Topliss-reactive ketones (excluding diaryl/α,β-unsaturated/α-hetero) is 1. The van der Waals surface area contributed by atoms with Crippen molar-refractivity contribution in [1.29, 1.82) is 0 Å². The number of fused-ring (bicyclic) bond motifs is 5. The van der Waals surface area contributed by atoms with Crippen molar-refractivity contribution in [3.8, 4) is 40.2 Å². The number of esters is 1. The summed E-state index contributed by atoms with van der Waals surface area (Å²) < 4.78 is 39.5. The Morgan fingerprint density at radius 3 is 2.54 bits per heavy atom. The number of carbonyl (C=O) groups excluding carboxylic acids is 2. The molecule has 0 saturated heterocycles. The molecule has 9 heteroatoms. The van der Waals surface area contributed by atoms with E-state index in [1.54, 1.807) is 37.5 Å². The van der Waals surface area contributed by atoms with Crippen molar-refractivity contribution in [3.63, 3.8) is 0 Å². The third-order valence-electron chi connectivity index (χ3n) is 6.73. The zero-order valence-electron chi connectivity index (χ0n) is 19.7. The fourth-order valence-electron chi connectivity index (χ4n) is 5.04. The number of ketones is 1. The number of carbonyl (C=O) groups is 2. The van der Waals surface area contributed by atoms with Crippen LogP contribution >= 0.6 is 0 Å². The lowest BCUT2D eigenvalue weighted by molar-refractivity contribution is -0.135. The van der Waals surface area contributed by atoms with E-state index in [1.165, 1.54) is 0 Å². The van der Waals surface area contributed by atoms with Crippen LogP contribution in [-0.2, 0) is 4.79 Å². The standard InChI is InChI=1S/C28H20O9/c1-31-22-10-15(11-23-28(22)35-13-34-23)17-12-24(29)36-19-5-3-16-26(30)21(37-27(16)25(17)19)9-14-2-4-18-20(8-14)33-7-6-32-18/h2-5,8-11,17H,6-7,12-13H2,1H3/b21-9-/t17-/m0/s1. The van der Waals surface area contributed by atoms with Crippen molar-refractivity contribution in [1.82, 2.24) is 0 Å². The number of rotatable bonds is 3. The number of hydrogen-bond donors (Lipinski definition) is 0. The number of hydrogen-bond acceptors (Lipinski definition) is 9. The molecule has 0 spiro atoms. The average Bonchev–Trinajstić information content (AvgIpc) is 3.52. The molecule has 0 radical (unpaired) electrons. The lowest BCUT2D eigenvalue weighted by Crippen LogP contribution is -2.21. The van der Waals surface area contributed by atoms with Gasteiger partial charge >= 0.3 is 5.97 Å². The molecule has 37 heavy (non-hydrogen) atoms. The van der Waals surface area contributed by atoms with Crippen molar-refractivity contribution in [3.05, 3.63) is 70.5 Å². The van der Waals surface area contributed by atoms with E-state index in [9.17, 15) is 9.59 Å². The SMILES string of the molecule is COc1cc([C@@H]2CC(=O)Oc3ccc4c(c32)O/C(=C\c2ccc3c(c2)OCCO3)C4=O)cc2c1OCO2. The van der Waals surface area contributed by atoms with Crippen LogP contribution in [0.5, 0.6) is 40.2 Å². The average molecular weight is 500 g/mol. The van der Waals surface area contributed by atoms with Gasteiger partial charge in [0.05, 0.1) is 19.1 Å². The van der Waals surface area contributed by atoms with Crippen LogP contribution in [-0.4, -0.2) is 38.9 Å². The van der Waals surface area contributed by atoms with Gasteiger partial charge in [-0.25, -0.2) is 0 Å². The first-order chi connectivity index (χ1) is 18.1. The third kappa shape index (κ3) is 3.46. The predicted molar refractivity (Wildman–Crippen MR) is 128 cm³/mol. The van der Waals surface area contributed by atoms with Gasteiger partial charge in [0.1, 0.15) is 24.7 Å². The molecule has 3 aromatic rings. The molecule has 4 aliphatic rings. The zero-order chi connectivity index (χ0) is 25.1. The van der Waals surface area contributed by atoms with Crippen molar-refractivity contribution in [2.24, 2.45) is 0 Å². The summed E-state index contributed by atoms with van der Waals surface area (Å²) in [5.74, 6) is 2.61. The van der Waals surface area contributed by atoms with E-state index in [0.717, 1.165) is 11.1 Å². The van der Waals surface area contributed by atoms with Crippen LogP contribution in [0.4, 0.5) is 0 Å². The second-order valence-electron chi connectivity index (χ2n) is 8.88. The molecule has 0 N–H and O–H groups in total. The van der Waals surface area contributed by atoms with E-state index in [4.69, 9.17) is 33.2 Å². The Morgan fingerprint density at radius 2 is 1.68 bits per heavy atom. The molecule has 9 nitrogen and oxygen atoms in total. The monoisotopic (exact) mass is 500 g/mol. The molecule has 0 aliphatic carbocycles. The highest BCUT2D eigenvalue weighted by Gasteiger charge is 2.39. The maximum Gasteiger partial charge on any atom is 0.312 e. The summed E-state index contributed by atoms with van der Waals surface area (Å²) in [6.07, 6.45) is 1.73. The van der Waals surface area contributed by atoms with Gasteiger partial charge in [-0.1, -0.05) is 6.07 Å². The van der Waals surface area contributed by atoms with Gasteiger partial charge in [-0.15, -0.1) is 0 Å². The van der Waals surface area contributed by atoms with Gasteiger partial charge in [0.15, 0.2) is 28.8 Å². The van der Waals surface area contributed by atoms with Crippen molar-refractivity contribution < 1.29 is 42.7 Å². The first-order valence-electron chi connectivity index (χ1n) is 11.8. The minimum Gasteiger partial charge on any atom is -0.493 e. The van der Waals surface area contributed by atoms with Crippen molar-refractivity contribution >= 4 is 17.8 Å². The van der Waals surface area contributed by atoms with Gasteiger partial charge in [-0.3, -0.25) is 9.59 Å². The number of methoxy groups -OCH3 is 1. The molecule has 0 amide bonds. The van der Waals surface area contributed by atoms with E-state index in [0.29, 0.717) is 64.6 Å². The van der Waals surface area contributed by atoms with Crippen LogP contribution in [0.3, 0.4) is 0 Å². The highest BCUT2D eigenvalue weighted by atomic mass is 16.7. The number of allylic oxidation sites excluding steroid dienone is 1. The van der Waals surface area contributed by atoms with Gasteiger partial charge in [0.25, 0.3) is 0 Å². The normalized spacial score (nSPS) is 19.7. The predicted octanol–water partition coefficient (Wildman–Crippen LogP) is 4.25. The van der Waals surface area contributed by atoms with Gasteiger partial charge in [0, 0.05) is 11.5 Å². The highest BCUT2D eigenvalue weighted by molar-refractivity contribution is 6.15. The third-order valence-corrected chi connectivity index (χ3v) is 6.73. The van der Waals surface area contributed by atoms with Crippen LogP contribution < -0.4 is 33.2 Å². The van der Waals surface area contributed by atoms with E-state index >= 15 is 0 Å². The van der Waals surface area contributed by atoms with Crippen LogP contribution in [0, 0.1) is 0 Å². The largest absolute Gasteiger partial charge is 0.493 e. The smallest absolute Gasteiger partial charge is 0.312 e. The summed E-state index contributed by atoms with van der Waals surface area (Å²) in [5, 5.41) is 0. The van der Waals surface area contributed by atoms with Crippen LogP contribution in [0.1, 0.15) is 39.4 Å². The molecule has 7 rings (SSSR count). The first-order valence-corrected chi connectivity index (χ1v) is 11.8. The Kier molecular flexibility index (Phi) is 4.78. The summed E-state index contributed by atoms with van der Waals surface area (Å²) >= 11 is 0. The van der Waals surface area contributed by atoms with E-state index in [1.807, 2.05) is 18.2 Å². The van der Waals surface area contributed by atoms with E-state index < -0.39 is 5.92 Å². The van der Waals surface area contributed by atoms with Gasteiger partial charge in [-0.2, -0.15) is 0 Å².